The quantitative estimate of drug-likeness (QED) is 0.682. The molecule has 0 aromatic heterocycles. The summed E-state index contributed by atoms with van der Waals surface area (Å²) in [6.45, 7) is 0.749. The minimum atomic E-state index is -0.212. The topological polar surface area (TPSA) is 69.6 Å². The van der Waals surface area contributed by atoms with E-state index in [0.29, 0.717) is 12.1 Å². The van der Waals surface area contributed by atoms with E-state index in [0.717, 1.165) is 19.3 Å². The van der Waals surface area contributed by atoms with Crippen LogP contribution in [0.3, 0.4) is 0 Å². The normalized spacial score (nSPS) is 10.2. The van der Waals surface area contributed by atoms with E-state index in [9.17, 15) is 9.90 Å². The summed E-state index contributed by atoms with van der Waals surface area (Å²) in [5.74, 6) is -0.248. The molecule has 94 valence electrons. The number of phenols is 1. The molecule has 0 aliphatic carbocycles. The Morgan fingerprint density at radius 3 is 2.71 bits per heavy atom. The number of amides is 1. The second-order valence-corrected chi connectivity index (χ2v) is 4.11. The van der Waals surface area contributed by atoms with E-state index in [1.165, 1.54) is 18.2 Å². The first-order valence-electron chi connectivity index (χ1n) is 5.52. The zero-order chi connectivity index (χ0) is 12.7. The van der Waals surface area contributed by atoms with Gasteiger partial charge in [0.05, 0.1) is 5.02 Å². The number of aliphatic hydroxyl groups is 1. The monoisotopic (exact) mass is 257 g/mol. The van der Waals surface area contributed by atoms with Crippen LogP contribution in [0.5, 0.6) is 5.75 Å². The lowest BCUT2D eigenvalue weighted by Crippen LogP contribution is -2.24. The lowest BCUT2D eigenvalue weighted by molar-refractivity contribution is 0.0953. The molecule has 0 heterocycles. The van der Waals surface area contributed by atoms with Crippen LogP contribution in [0.4, 0.5) is 0 Å². The van der Waals surface area contributed by atoms with Crippen LogP contribution in [0, 0.1) is 0 Å². The predicted molar refractivity (Wildman–Crippen MR) is 66.4 cm³/mol. The maximum Gasteiger partial charge on any atom is 0.251 e. The van der Waals surface area contributed by atoms with Crippen molar-refractivity contribution in [2.45, 2.75) is 19.3 Å². The van der Waals surface area contributed by atoms with Crippen LogP contribution in [0.15, 0.2) is 18.2 Å². The fourth-order valence-electron chi connectivity index (χ4n) is 1.37. The molecule has 3 N–H and O–H groups in total. The van der Waals surface area contributed by atoms with E-state index in [4.69, 9.17) is 16.7 Å². The molecule has 0 saturated carbocycles. The van der Waals surface area contributed by atoms with Crippen molar-refractivity contribution in [1.82, 2.24) is 5.32 Å². The van der Waals surface area contributed by atoms with Gasteiger partial charge in [-0.1, -0.05) is 11.6 Å². The molecule has 0 fully saturated rings. The number of carbonyl (C=O) groups excluding carboxylic acids is 1. The molecule has 0 unspecified atom stereocenters. The predicted octanol–water partition coefficient (Wildman–Crippen LogP) is 1.94. The average molecular weight is 258 g/mol. The van der Waals surface area contributed by atoms with Crippen molar-refractivity contribution in [2.75, 3.05) is 13.2 Å². The van der Waals surface area contributed by atoms with Crippen molar-refractivity contribution in [3.8, 4) is 5.75 Å². The molecule has 0 aliphatic heterocycles. The van der Waals surface area contributed by atoms with Crippen LogP contribution in [0.1, 0.15) is 29.6 Å². The van der Waals surface area contributed by atoms with Crippen molar-refractivity contribution in [3.05, 3.63) is 28.8 Å². The van der Waals surface area contributed by atoms with Gasteiger partial charge in [0.15, 0.2) is 0 Å². The second kappa shape index (κ2) is 7.14. The Labute approximate surface area is 105 Å². The molecule has 0 spiro atoms. The van der Waals surface area contributed by atoms with Gasteiger partial charge in [0.2, 0.25) is 0 Å². The molecule has 1 rings (SSSR count). The molecule has 0 bridgehead atoms. The molecule has 0 atom stereocenters. The first-order valence-corrected chi connectivity index (χ1v) is 5.90. The van der Waals surface area contributed by atoms with Gasteiger partial charge >= 0.3 is 0 Å². The molecule has 0 saturated heterocycles. The summed E-state index contributed by atoms with van der Waals surface area (Å²) in [6.07, 6.45) is 2.46. The minimum absolute atomic E-state index is 0.0360. The fourth-order valence-corrected chi connectivity index (χ4v) is 1.55. The summed E-state index contributed by atoms with van der Waals surface area (Å²) in [7, 11) is 0. The highest BCUT2D eigenvalue weighted by molar-refractivity contribution is 6.32. The third-order valence-electron chi connectivity index (χ3n) is 2.33. The van der Waals surface area contributed by atoms with Crippen molar-refractivity contribution in [1.29, 1.82) is 0 Å². The molecule has 1 aromatic rings. The lowest BCUT2D eigenvalue weighted by atomic mass is 10.2. The number of aromatic hydroxyl groups is 1. The van der Waals surface area contributed by atoms with Gasteiger partial charge in [-0.25, -0.2) is 0 Å². The van der Waals surface area contributed by atoms with Gasteiger partial charge in [-0.15, -0.1) is 0 Å². The fraction of sp³-hybridized carbons (Fsp3) is 0.417. The second-order valence-electron chi connectivity index (χ2n) is 3.71. The van der Waals surface area contributed by atoms with E-state index >= 15 is 0 Å². The number of hydrogen-bond acceptors (Lipinski definition) is 3. The number of carbonyl (C=O) groups is 1. The van der Waals surface area contributed by atoms with E-state index < -0.39 is 0 Å². The largest absolute Gasteiger partial charge is 0.506 e. The first-order chi connectivity index (χ1) is 8.15. The number of rotatable bonds is 6. The van der Waals surface area contributed by atoms with E-state index in [-0.39, 0.29) is 23.3 Å². The highest BCUT2D eigenvalue weighted by Gasteiger charge is 2.07. The number of hydrogen-bond donors (Lipinski definition) is 3. The van der Waals surface area contributed by atoms with Crippen molar-refractivity contribution in [2.24, 2.45) is 0 Å². The minimum Gasteiger partial charge on any atom is -0.506 e. The van der Waals surface area contributed by atoms with Crippen LogP contribution in [0.2, 0.25) is 5.02 Å². The number of phenolic OH excluding ortho intramolecular Hbond substituents is 1. The number of unbranched alkanes of at least 4 members (excludes halogenated alkanes) is 2. The Bertz CT molecular complexity index is 382. The molecule has 4 nitrogen and oxygen atoms in total. The van der Waals surface area contributed by atoms with Crippen LogP contribution >= 0.6 is 11.6 Å². The molecular formula is C12H16ClNO3. The van der Waals surface area contributed by atoms with Crippen LogP contribution in [-0.2, 0) is 0 Å². The first kappa shape index (κ1) is 13.8. The summed E-state index contributed by atoms with van der Waals surface area (Å²) >= 11 is 5.70. The number of aliphatic hydroxyl groups excluding tert-OH is 1. The zero-order valence-corrected chi connectivity index (χ0v) is 10.2. The summed E-state index contributed by atoms with van der Waals surface area (Å²) < 4.78 is 0. The van der Waals surface area contributed by atoms with E-state index in [1.807, 2.05) is 0 Å². The third kappa shape index (κ3) is 4.63. The Balaban J connectivity index is 2.39. The van der Waals surface area contributed by atoms with Gasteiger partial charge in [0, 0.05) is 18.7 Å². The SMILES string of the molecule is O=C(NCCCCCO)c1ccc(O)c(Cl)c1. The highest BCUT2D eigenvalue weighted by atomic mass is 35.5. The van der Waals surface area contributed by atoms with Crippen molar-refractivity contribution >= 4 is 17.5 Å². The zero-order valence-electron chi connectivity index (χ0n) is 9.45. The van der Waals surface area contributed by atoms with Gasteiger partial charge in [-0.3, -0.25) is 4.79 Å². The molecule has 5 heteroatoms. The summed E-state index contributed by atoms with van der Waals surface area (Å²) in [5, 5.41) is 20.7. The molecule has 17 heavy (non-hydrogen) atoms. The highest BCUT2D eigenvalue weighted by Crippen LogP contribution is 2.23. The van der Waals surface area contributed by atoms with Crippen LogP contribution in [0.25, 0.3) is 0 Å². The smallest absolute Gasteiger partial charge is 0.251 e. The maximum atomic E-state index is 11.6. The summed E-state index contributed by atoms with van der Waals surface area (Å²) in [5.41, 5.74) is 0.426. The molecule has 0 aliphatic rings. The Kier molecular flexibility index (Phi) is 5.80. The van der Waals surface area contributed by atoms with Crippen molar-refractivity contribution < 1.29 is 15.0 Å². The van der Waals surface area contributed by atoms with Gasteiger partial charge < -0.3 is 15.5 Å². The summed E-state index contributed by atoms with van der Waals surface area (Å²) in [6, 6.07) is 4.34. The van der Waals surface area contributed by atoms with E-state index in [1.54, 1.807) is 0 Å². The molecule has 1 aromatic carbocycles. The average Bonchev–Trinajstić information content (AvgIpc) is 2.32. The maximum absolute atomic E-state index is 11.6. The Morgan fingerprint density at radius 2 is 2.06 bits per heavy atom. The van der Waals surface area contributed by atoms with Gasteiger partial charge in [-0.2, -0.15) is 0 Å². The summed E-state index contributed by atoms with van der Waals surface area (Å²) in [4.78, 5) is 11.6. The van der Waals surface area contributed by atoms with Gasteiger partial charge in [0.1, 0.15) is 5.75 Å². The third-order valence-corrected chi connectivity index (χ3v) is 2.63. The number of nitrogens with one attached hydrogen (secondary N) is 1. The Morgan fingerprint density at radius 1 is 1.29 bits per heavy atom. The van der Waals surface area contributed by atoms with Crippen LogP contribution < -0.4 is 5.32 Å². The molecule has 1 amide bonds. The van der Waals surface area contributed by atoms with Crippen LogP contribution in [-0.4, -0.2) is 29.3 Å². The van der Waals surface area contributed by atoms with Crippen molar-refractivity contribution in [3.63, 3.8) is 0 Å². The van der Waals surface area contributed by atoms with E-state index in [2.05, 4.69) is 5.32 Å². The number of benzene rings is 1. The number of halogens is 1. The molecule has 0 radical (unpaired) electrons. The Hall–Kier alpha value is -1.26. The molecular weight excluding hydrogens is 242 g/mol. The van der Waals surface area contributed by atoms with Gasteiger partial charge in [0.25, 0.3) is 5.91 Å². The lowest BCUT2D eigenvalue weighted by Gasteiger charge is -2.05. The van der Waals surface area contributed by atoms with Gasteiger partial charge in [-0.05, 0) is 37.5 Å². The standard InChI is InChI=1S/C12H16ClNO3/c13-10-8-9(4-5-11(10)16)12(17)14-6-2-1-3-7-15/h4-5,8,15-16H,1-3,6-7H2,(H,14,17).